The van der Waals surface area contributed by atoms with E-state index in [-0.39, 0.29) is 5.91 Å². The zero-order valence-electron chi connectivity index (χ0n) is 16.4. The fraction of sp³-hybridized carbons (Fsp3) is 0.182. The van der Waals surface area contributed by atoms with Crippen LogP contribution in [-0.2, 0) is 0 Å². The molecular weight excluding hydrogens is 483 g/mol. The Morgan fingerprint density at radius 1 is 1.07 bits per heavy atom. The summed E-state index contributed by atoms with van der Waals surface area (Å²) in [7, 11) is 3.14. The van der Waals surface area contributed by atoms with Gasteiger partial charge in [-0.1, -0.05) is 24.3 Å². The van der Waals surface area contributed by atoms with Crippen LogP contribution in [0.1, 0.15) is 22.8 Å². The van der Waals surface area contributed by atoms with Gasteiger partial charge < -0.3 is 14.2 Å². The maximum atomic E-state index is 12.6. The Morgan fingerprint density at radius 3 is 2.45 bits per heavy atom. The summed E-state index contributed by atoms with van der Waals surface area (Å²) in [5.41, 5.74) is 3.76. The van der Waals surface area contributed by atoms with Crippen molar-refractivity contribution < 1.29 is 19.0 Å². The van der Waals surface area contributed by atoms with Crippen LogP contribution < -0.4 is 19.6 Å². The van der Waals surface area contributed by atoms with E-state index in [0.717, 1.165) is 19.9 Å². The summed E-state index contributed by atoms with van der Waals surface area (Å²) < 4.78 is 17.3. The number of amides is 1. The molecule has 3 rings (SSSR count). The number of nitrogens with one attached hydrogen (secondary N) is 1. The van der Waals surface area contributed by atoms with Crippen LogP contribution in [0.3, 0.4) is 0 Å². The van der Waals surface area contributed by atoms with Gasteiger partial charge in [0.25, 0.3) is 5.91 Å². The molecule has 0 radical (unpaired) electrons. The SMILES string of the molecule is CCOc1cc(/C=N\NC(=O)c2cc3ccccc3cc2OC)cc(I)c1OC. The molecule has 0 unspecified atom stereocenters. The van der Waals surface area contributed by atoms with Crippen LogP contribution in [0.5, 0.6) is 17.2 Å². The highest BCUT2D eigenvalue weighted by molar-refractivity contribution is 14.1. The molecule has 0 aliphatic carbocycles. The summed E-state index contributed by atoms with van der Waals surface area (Å²) >= 11 is 2.17. The standard InChI is InChI=1S/C22H21IN2O4/c1-4-29-20-10-14(9-18(23)21(20)28-3)13-24-25-22(26)17-11-15-7-5-6-8-16(15)12-19(17)27-2/h5-13H,4H2,1-3H3,(H,25,26)/b24-13-. The Bertz CT molecular complexity index is 1070. The quantitative estimate of drug-likeness (QED) is 0.290. The molecule has 29 heavy (non-hydrogen) atoms. The first-order valence-electron chi connectivity index (χ1n) is 8.97. The largest absolute Gasteiger partial charge is 0.496 e. The highest BCUT2D eigenvalue weighted by Crippen LogP contribution is 2.33. The molecule has 150 valence electrons. The normalized spacial score (nSPS) is 10.9. The third-order valence-corrected chi connectivity index (χ3v) is 5.03. The zero-order chi connectivity index (χ0) is 20.8. The summed E-state index contributed by atoms with van der Waals surface area (Å²) in [6, 6.07) is 15.1. The van der Waals surface area contributed by atoms with Crippen molar-refractivity contribution in [2.75, 3.05) is 20.8 Å². The molecule has 1 N–H and O–H groups in total. The highest BCUT2D eigenvalue weighted by atomic mass is 127. The minimum absolute atomic E-state index is 0.350. The molecule has 0 aliphatic rings. The summed E-state index contributed by atoms with van der Waals surface area (Å²) in [5, 5.41) is 6.04. The molecule has 0 fully saturated rings. The first-order chi connectivity index (χ1) is 14.1. The smallest absolute Gasteiger partial charge is 0.275 e. The Balaban J connectivity index is 1.82. The Hall–Kier alpha value is -2.81. The lowest BCUT2D eigenvalue weighted by Gasteiger charge is -2.12. The first-order valence-corrected chi connectivity index (χ1v) is 10.1. The van der Waals surface area contributed by atoms with Crippen molar-refractivity contribution in [3.63, 3.8) is 0 Å². The molecule has 0 aromatic heterocycles. The number of nitrogens with zero attached hydrogens (tertiary/aromatic N) is 1. The maximum absolute atomic E-state index is 12.6. The number of carbonyl (C=O) groups is 1. The summed E-state index contributed by atoms with van der Waals surface area (Å²) in [6.07, 6.45) is 1.57. The lowest BCUT2D eigenvalue weighted by atomic mass is 10.1. The predicted molar refractivity (Wildman–Crippen MR) is 122 cm³/mol. The van der Waals surface area contributed by atoms with Crippen LogP contribution in [0.2, 0.25) is 0 Å². The molecule has 6 nitrogen and oxygen atoms in total. The Labute approximate surface area is 183 Å². The van der Waals surface area contributed by atoms with Crippen LogP contribution in [0.15, 0.2) is 53.6 Å². The number of benzene rings is 3. The minimum Gasteiger partial charge on any atom is -0.496 e. The van der Waals surface area contributed by atoms with E-state index < -0.39 is 0 Å². The first kappa shape index (κ1) is 20.9. The summed E-state index contributed by atoms with van der Waals surface area (Å²) in [4.78, 5) is 12.6. The third kappa shape index (κ3) is 4.79. The van der Waals surface area contributed by atoms with Gasteiger partial charge in [-0.15, -0.1) is 0 Å². The van der Waals surface area contributed by atoms with E-state index in [4.69, 9.17) is 14.2 Å². The number of fused-ring (bicyclic) bond motifs is 1. The van der Waals surface area contributed by atoms with Gasteiger partial charge in [-0.3, -0.25) is 4.79 Å². The molecule has 0 heterocycles. The lowest BCUT2D eigenvalue weighted by Crippen LogP contribution is -2.18. The number of methoxy groups -OCH3 is 2. The average Bonchev–Trinajstić information content (AvgIpc) is 2.72. The summed E-state index contributed by atoms with van der Waals surface area (Å²) in [5.74, 6) is 1.45. The molecule has 0 spiro atoms. The molecule has 1 amide bonds. The predicted octanol–water partition coefficient (Wildman–Crippen LogP) is 4.62. The summed E-state index contributed by atoms with van der Waals surface area (Å²) in [6.45, 7) is 2.43. The number of halogens is 1. The van der Waals surface area contributed by atoms with Crippen molar-refractivity contribution in [2.24, 2.45) is 5.10 Å². The number of hydrogen-bond donors (Lipinski definition) is 1. The van der Waals surface area contributed by atoms with E-state index in [1.807, 2.05) is 49.4 Å². The van der Waals surface area contributed by atoms with Crippen molar-refractivity contribution >= 4 is 45.5 Å². The monoisotopic (exact) mass is 504 g/mol. The van der Waals surface area contributed by atoms with E-state index in [0.29, 0.717) is 29.4 Å². The molecule has 3 aromatic rings. The van der Waals surface area contributed by atoms with Crippen LogP contribution in [0.4, 0.5) is 0 Å². The average molecular weight is 504 g/mol. The van der Waals surface area contributed by atoms with Crippen LogP contribution in [0.25, 0.3) is 10.8 Å². The molecule has 0 aliphatic heterocycles. The molecule has 7 heteroatoms. The van der Waals surface area contributed by atoms with Gasteiger partial charge in [0.1, 0.15) is 5.75 Å². The van der Waals surface area contributed by atoms with Gasteiger partial charge in [-0.25, -0.2) is 5.43 Å². The number of rotatable bonds is 7. The number of carbonyl (C=O) groups excluding carboxylic acids is 1. The van der Waals surface area contributed by atoms with Gasteiger partial charge in [0.15, 0.2) is 11.5 Å². The molecular formula is C22H21IN2O4. The molecule has 3 aromatic carbocycles. The molecule has 0 saturated carbocycles. The second-order valence-electron chi connectivity index (χ2n) is 6.07. The maximum Gasteiger partial charge on any atom is 0.275 e. The number of hydrogen-bond acceptors (Lipinski definition) is 5. The topological polar surface area (TPSA) is 69.2 Å². The fourth-order valence-corrected chi connectivity index (χ4v) is 3.76. The van der Waals surface area contributed by atoms with Gasteiger partial charge in [0.05, 0.1) is 36.2 Å². The van der Waals surface area contributed by atoms with Crippen molar-refractivity contribution in [1.29, 1.82) is 0 Å². The van der Waals surface area contributed by atoms with Crippen LogP contribution in [0, 0.1) is 3.57 Å². The van der Waals surface area contributed by atoms with E-state index in [2.05, 4.69) is 33.1 Å². The Morgan fingerprint density at radius 2 is 1.79 bits per heavy atom. The second kappa shape index (κ2) is 9.60. The van der Waals surface area contributed by atoms with E-state index in [1.54, 1.807) is 26.5 Å². The van der Waals surface area contributed by atoms with Crippen LogP contribution in [-0.4, -0.2) is 32.9 Å². The lowest BCUT2D eigenvalue weighted by molar-refractivity contribution is 0.0952. The van der Waals surface area contributed by atoms with Crippen molar-refractivity contribution in [3.8, 4) is 17.2 Å². The van der Waals surface area contributed by atoms with Gasteiger partial charge >= 0.3 is 0 Å². The van der Waals surface area contributed by atoms with Gasteiger partial charge in [-0.05, 0) is 70.1 Å². The minimum atomic E-state index is -0.350. The molecule has 0 bridgehead atoms. The second-order valence-corrected chi connectivity index (χ2v) is 7.23. The third-order valence-electron chi connectivity index (χ3n) is 4.23. The van der Waals surface area contributed by atoms with Crippen molar-refractivity contribution in [1.82, 2.24) is 5.43 Å². The molecule has 0 atom stereocenters. The highest BCUT2D eigenvalue weighted by Gasteiger charge is 2.14. The number of ether oxygens (including phenoxy) is 3. The number of hydrazone groups is 1. The Kier molecular flexibility index (Phi) is 6.92. The fourth-order valence-electron chi connectivity index (χ4n) is 2.91. The van der Waals surface area contributed by atoms with Crippen molar-refractivity contribution in [2.45, 2.75) is 6.92 Å². The van der Waals surface area contributed by atoms with E-state index in [9.17, 15) is 4.79 Å². The molecule has 0 saturated heterocycles. The van der Waals surface area contributed by atoms with Gasteiger partial charge in [-0.2, -0.15) is 5.10 Å². The van der Waals surface area contributed by atoms with Gasteiger partial charge in [0.2, 0.25) is 0 Å². The van der Waals surface area contributed by atoms with Crippen LogP contribution >= 0.6 is 22.6 Å². The van der Waals surface area contributed by atoms with E-state index in [1.165, 1.54) is 0 Å². The van der Waals surface area contributed by atoms with Gasteiger partial charge in [0, 0.05) is 0 Å². The van der Waals surface area contributed by atoms with Crippen molar-refractivity contribution in [3.05, 3.63) is 63.2 Å². The van der Waals surface area contributed by atoms with E-state index >= 15 is 0 Å². The zero-order valence-corrected chi connectivity index (χ0v) is 18.5.